The molecule has 0 aromatic heterocycles. The SMILES string of the molecule is Cl.ClCc1ccc(Cl)cc1. The van der Waals surface area contributed by atoms with Crippen LogP contribution in [0.4, 0.5) is 0 Å². The van der Waals surface area contributed by atoms with Crippen molar-refractivity contribution in [2.75, 3.05) is 0 Å². The van der Waals surface area contributed by atoms with Crippen molar-refractivity contribution < 1.29 is 0 Å². The Bertz CT molecular complexity index is 181. The molecule has 0 atom stereocenters. The molecule has 0 fully saturated rings. The lowest BCUT2D eigenvalue weighted by Crippen LogP contribution is -1.73. The third-order valence-corrected chi connectivity index (χ3v) is 1.63. The summed E-state index contributed by atoms with van der Waals surface area (Å²) < 4.78 is 0. The van der Waals surface area contributed by atoms with Crippen molar-refractivity contribution >= 4 is 35.6 Å². The minimum atomic E-state index is 0. The molecule has 0 aliphatic rings. The molecule has 0 saturated heterocycles. The van der Waals surface area contributed by atoms with Gasteiger partial charge in [0, 0.05) is 10.9 Å². The maximum atomic E-state index is 5.63. The van der Waals surface area contributed by atoms with Crippen LogP contribution in [0.2, 0.25) is 5.02 Å². The summed E-state index contributed by atoms with van der Waals surface area (Å²) in [4.78, 5) is 0. The fourth-order valence-corrected chi connectivity index (χ4v) is 0.878. The average molecular weight is 197 g/mol. The van der Waals surface area contributed by atoms with Crippen LogP contribution in [0.1, 0.15) is 5.56 Å². The van der Waals surface area contributed by atoms with E-state index >= 15 is 0 Å². The fraction of sp³-hybridized carbons (Fsp3) is 0.143. The lowest BCUT2D eigenvalue weighted by molar-refractivity contribution is 1.40. The Hall–Kier alpha value is 0.0900. The van der Waals surface area contributed by atoms with E-state index in [4.69, 9.17) is 23.2 Å². The highest BCUT2D eigenvalue weighted by Gasteiger charge is 1.87. The molecule has 0 amide bonds. The molecule has 0 saturated carbocycles. The molecule has 0 unspecified atom stereocenters. The highest BCUT2D eigenvalue weighted by atomic mass is 35.5. The van der Waals surface area contributed by atoms with Gasteiger partial charge >= 0.3 is 0 Å². The van der Waals surface area contributed by atoms with Crippen LogP contribution in [0.3, 0.4) is 0 Å². The first-order chi connectivity index (χ1) is 4.33. The molecule has 0 aliphatic carbocycles. The van der Waals surface area contributed by atoms with Gasteiger partial charge in [0.05, 0.1) is 0 Å². The normalized spacial score (nSPS) is 8.60. The molecule has 0 bridgehead atoms. The summed E-state index contributed by atoms with van der Waals surface area (Å²) >= 11 is 11.2. The lowest BCUT2D eigenvalue weighted by atomic mass is 10.2. The van der Waals surface area contributed by atoms with Crippen LogP contribution >= 0.6 is 35.6 Å². The van der Waals surface area contributed by atoms with Gasteiger partial charge < -0.3 is 0 Å². The van der Waals surface area contributed by atoms with E-state index in [1.54, 1.807) is 0 Å². The zero-order chi connectivity index (χ0) is 6.69. The summed E-state index contributed by atoms with van der Waals surface area (Å²) in [6.07, 6.45) is 0. The maximum Gasteiger partial charge on any atom is 0.0474 e. The minimum absolute atomic E-state index is 0. The molecule has 1 rings (SSSR count). The van der Waals surface area contributed by atoms with Crippen LogP contribution in [0.5, 0.6) is 0 Å². The van der Waals surface area contributed by atoms with Gasteiger partial charge in [-0.1, -0.05) is 23.7 Å². The Balaban J connectivity index is 0.000000810. The number of benzene rings is 1. The molecular weight excluding hydrogens is 190 g/mol. The van der Waals surface area contributed by atoms with Crippen LogP contribution in [-0.2, 0) is 5.88 Å². The largest absolute Gasteiger partial charge is 0.147 e. The van der Waals surface area contributed by atoms with Crippen molar-refractivity contribution in [2.24, 2.45) is 0 Å². The van der Waals surface area contributed by atoms with Crippen LogP contribution < -0.4 is 0 Å². The van der Waals surface area contributed by atoms with Gasteiger partial charge in [-0.15, -0.1) is 24.0 Å². The fourth-order valence-electron chi connectivity index (χ4n) is 0.573. The van der Waals surface area contributed by atoms with Gasteiger partial charge in [0.15, 0.2) is 0 Å². The molecule has 1 aromatic rings. The van der Waals surface area contributed by atoms with Crippen molar-refractivity contribution in [2.45, 2.75) is 5.88 Å². The van der Waals surface area contributed by atoms with E-state index in [0.717, 1.165) is 10.6 Å². The van der Waals surface area contributed by atoms with Crippen molar-refractivity contribution in [1.29, 1.82) is 0 Å². The van der Waals surface area contributed by atoms with Crippen LogP contribution in [0, 0.1) is 0 Å². The second-order valence-corrected chi connectivity index (χ2v) is 2.46. The van der Waals surface area contributed by atoms with Crippen molar-refractivity contribution in [3.63, 3.8) is 0 Å². The zero-order valence-corrected chi connectivity index (χ0v) is 7.51. The highest BCUT2D eigenvalue weighted by Crippen LogP contribution is 2.10. The van der Waals surface area contributed by atoms with Crippen LogP contribution in [-0.4, -0.2) is 0 Å². The third kappa shape index (κ3) is 2.78. The van der Waals surface area contributed by atoms with E-state index in [1.165, 1.54) is 0 Å². The molecule has 0 spiro atoms. The maximum absolute atomic E-state index is 5.63. The van der Waals surface area contributed by atoms with Gasteiger partial charge in [0.25, 0.3) is 0 Å². The summed E-state index contributed by atoms with van der Waals surface area (Å²) in [6.45, 7) is 0. The number of rotatable bonds is 1. The highest BCUT2D eigenvalue weighted by molar-refractivity contribution is 6.30. The van der Waals surface area contributed by atoms with E-state index in [-0.39, 0.29) is 12.4 Å². The van der Waals surface area contributed by atoms with Crippen LogP contribution in [0.15, 0.2) is 24.3 Å². The lowest BCUT2D eigenvalue weighted by Gasteiger charge is -1.91. The molecular formula is C7H7Cl3. The van der Waals surface area contributed by atoms with Crippen molar-refractivity contribution in [3.8, 4) is 0 Å². The number of alkyl halides is 1. The summed E-state index contributed by atoms with van der Waals surface area (Å²) in [7, 11) is 0. The van der Waals surface area contributed by atoms with E-state index in [0.29, 0.717) is 5.88 Å². The monoisotopic (exact) mass is 196 g/mol. The molecule has 3 heteroatoms. The summed E-state index contributed by atoms with van der Waals surface area (Å²) in [5.41, 5.74) is 1.10. The van der Waals surface area contributed by atoms with Crippen molar-refractivity contribution in [1.82, 2.24) is 0 Å². The smallest absolute Gasteiger partial charge is 0.0474 e. The molecule has 0 heterocycles. The minimum Gasteiger partial charge on any atom is -0.147 e. The Morgan fingerprint density at radius 1 is 1.10 bits per heavy atom. The standard InChI is InChI=1S/C7H6Cl2.ClH/c8-5-6-1-3-7(9)4-2-6;/h1-4H,5H2;1H. The zero-order valence-electron chi connectivity index (χ0n) is 5.18. The number of hydrogen-bond donors (Lipinski definition) is 0. The van der Waals surface area contributed by atoms with Crippen LogP contribution in [0.25, 0.3) is 0 Å². The molecule has 0 radical (unpaired) electrons. The number of halogens is 3. The number of hydrogen-bond acceptors (Lipinski definition) is 0. The quantitative estimate of drug-likeness (QED) is 0.605. The Morgan fingerprint density at radius 2 is 1.60 bits per heavy atom. The van der Waals surface area contributed by atoms with Gasteiger partial charge in [0.1, 0.15) is 0 Å². The molecule has 56 valence electrons. The van der Waals surface area contributed by atoms with E-state index in [2.05, 4.69) is 0 Å². The second-order valence-electron chi connectivity index (χ2n) is 1.76. The Labute approximate surface area is 76.6 Å². The van der Waals surface area contributed by atoms with Crippen molar-refractivity contribution in [3.05, 3.63) is 34.9 Å². The van der Waals surface area contributed by atoms with Gasteiger partial charge in [-0.05, 0) is 17.7 Å². The molecule has 0 nitrogen and oxygen atoms in total. The first kappa shape index (κ1) is 10.1. The molecule has 0 aliphatic heterocycles. The first-order valence-electron chi connectivity index (χ1n) is 2.63. The second kappa shape index (κ2) is 4.84. The first-order valence-corrected chi connectivity index (χ1v) is 3.54. The molecule has 10 heavy (non-hydrogen) atoms. The summed E-state index contributed by atoms with van der Waals surface area (Å²) in [5.74, 6) is 0.553. The average Bonchev–Trinajstić information content (AvgIpc) is 1.90. The molecule has 0 N–H and O–H groups in total. The van der Waals surface area contributed by atoms with Gasteiger partial charge in [-0.25, -0.2) is 0 Å². The topological polar surface area (TPSA) is 0 Å². The molecule has 1 aromatic carbocycles. The summed E-state index contributed by atoms with van der Waals surface area (Å²) in [5, 5.41) is 0.754. The van der Waals surface area contributed by atoms with Gasteiger partial charge in [-0.3, -0.25) is 0 Å². The predicted octanol–water partition coefficient (Wildman–Crippen LogP) is 3.50. The Kier molecular flexibility index (Phi) is 4.88. The summed E-state index contributed by atoms with van der Waals surface area (Å²) in [6, 6.07) is 7.49. The predicted molar refractivity (Wildman–Crippen MR) is 48.3 cm³/mol. The van der Waals surface area contributed by atoms with E-state index < -0.39 is 0 Å². The van der Waals surface area contributed by atoms with E-state index in [9.17, 15) is 0 Å². The third-order valence-electron chi connectivity index (χ3n) is 1.07. The van der Waals surface area contributed by atoms with Gasteiger partial charge in [0.2, 0.25) is 0 Å². The van der Waals surface area contributed by atoms with E-state index in [1.807, 2.05) is 24.3 Å². The van der Waals surface area contributed by atoms with Gasteiger partial charge in [-0.2, -0.15) is 0 Å². The Morgan fingerprint density at radius 3 is 2.00 bits per heavy atom.